The minimum Gasteiger partial charge on any atom is -0.508 e. The van der Waals surface area contributed by atoms with Gasteiger partial charge in [-0.1, -0.05) is 78.9 Å². The van der Waals surface area contributed by atoms with E-state index in [1.165, 1.54) is 131 Å². The standard InChI is InChI=1S/C17H16O5.2C16H14O6.2C15H14O4.C14H12O4/c1-11(21-2)12-4-3-5-14(8-12)22-10-17(20)15-7-6-13(18)9-16(15)19;1-21-16(20)10-2-5-12(6-3-10)22-9-15(19)13-7-4-11(17)8-14(13)18;1-21-16(20)12-4-2-3-5-15(12)22-9-14(19)11-7-6-10(17)8-13(11)18;1-10-2-5-12(6-3-10)19-9-15(18)13-7-4-11(16)8-14(13)17;1-10-3-2-4-12(7-10)19-9-15(18)13-6-5-11(16)8-14(13)17;15-10-6-7-12(13(16)8-10)14(17)9-18-11-4-2-1-3-5-11/h3-9,18-19H,1,10H2,2H3;2*2-8,17-18H,9H2,1H3;2*2-8,16-17H,9H2,1H3;1-8,15-16H,9H2. The van der Waals surface area contributed by atoms with Crippen molar-refractivity contribution < 1.29 is 142 Å². The Hall–Kier alpha value is -16.5. The first kappa shape index (κ1) is 92.7. The van der Waals surface area contributed by atoms with Crippen LogP contribution in [0.4, 0.5) is 0 Å². The van der Waals surface area contributed by atoms with Crippen molar-refractivity contribution in [2.75, 3.05) is 61.0 Å². The number of hydrogen-bond donors (Lipinski definition) is 12. The van der Waals surface area contributed by atoms with Crippen molar-refractivity contribution in [1.29, 1.82) is 0 Å². The molecule has 29 heteroatoms. The van der Waals surface area contributed by atoms with Crippen molar-refractivity contribution in [2.24, 2.45) is 0 Å². The Balaban J connectivity index is 0.000000202. The van der Waals surface area contributed by atoms with Crippen molar-refractivity contribution in [3.8, 4) is 103 Å². The topological polar surface area (TPSA) is 462 Å². The summed E-state index contributed by atoms with van der Waals surface area (Å²) >= 11 is 0. The van der Waals surface area contributed by atoms with Crippen LogP contribution >= 0.6 is 0 Å². The first-order valence-corrected chi connectivity index (χ1v) is 36.3. The van der Waals surface area contributed by atoms with Crippen LogP contribution in [0.1, 0.15) is 99.6 Å². The van der Waals surface area contributed by atoms with Gasteiger partial charge >= 0.3 is 11.9 Å². The molecule has 0 fully saturated rings. The number of Topliss-reactive ketones (excluding diaryl/α,β-unsaturated/α-hetero) is 6. The van der Waals surface area contributed by atoms with Gasteiger partial charge in [-0.2, -0.15) is 0 Å². The lowest BCUT2D eigenvalue weighted by Gasteiger charge is -2.10. The number of hydrogen-bond acceptors (Lipinski definition) is 29. The minimum atomic E-state index is -0.574. The van der Waals surface area contributed by atoms with Crippen LogP contribution in [0.25, 0.3) is 5.76 Å². The lowest BCUT2D eigenvalue weighted by molar-refractivity contribution is 0.0588. The van der Waals surface area contributed by atoms with E-state index in [4.69, 9.17) is 48.5 Å². The van der Waals surface area contributed by atoms with Gasteiger partial charge in [-0.25, -0.2) is 9.59 Å². The third kappa shape index (κ3) is 29.4. The molecule has 0 saturated carbocycles. The van der Waals surface area contributed by atoms with Crippen LogP contribution in [0.3, 0.4) is 0 Å². The normalized spacial score (nSPS) is 10.1. The molecule has 0 saturated heterocycles. The number of ether oxygens (including phenoxy) is 9. The van der Waals surface area contributed by atoms with Gasteiger partial charge in [-0.05, 0) is 177 Å². The van der Waals surface area contributed by atoms with Gasteiger partial charge in [0.15, 0.2) is 39.6 Å². The molecule has 0 aromatic heterocycles. The molecule has 0 heterocycles. The van der Waals surface area contributed by atoms with Crippen molar-refractivity contribution in [3.63, 3.8) is 0 Å². The molecule has 0 atom stereocenters. The molecule has 0 bridgehead atoms. The summed E-state index contributed by atoms with van der Waals surface area (Å²) < 4.78 is 46.3. The number of esters is 2. The number of para-hydroxylation sites is 2. The molecule has 0 aliphatic carbocycles. The number of phenolic OH excluding ortho intramolecular Hbond substituents is 12. The molecule has 29 nitrogen and oxygen atoms in total. The number of carbonyl (C=O) groups excluding carboxylic acids is 8. The lowest BCUT2D eigenvalue weighted by Crippen LogP contribution is -2.14. The van der Waals surface area contributed by atoms with Crippen molar-refractivity contribution >= 4 is 52.4 Å². The Bertz CT molecular complexity index is 5630. The van der Waals surface area contributed by atoms with E-state index < -0.39 is 29.3 Å². The maximum Gasteiger partial charge on any atom is 0.341 e. The van der Waals surface area contributed by atoms with Gasteiger partial charge in [0.2, 0.25) is 34.7 Å². The van der Waals surface area contributed by atoms with Crippen LogP contribution in [0.15, 0.2) is 267 Å². The quantitative estimate of drug-likeness (QED) is 0.0123. The van der Waals surface area contributed by atoms with Crippen molar-refractivity contribution in [3.05, 3.63) is 329 Å². The molecule has 12 aromatic rings. The summed E-state index contributed by atoms with van der Waals surface area (Å²) in [5, 5.41) is 113. The zero-order chi connectivity index (χ0) is 89.0. The minimum absolute atomic E-state index is 0.0216. The highest BCUT2D eigenvalue weighted by molar-refractivity contribution is 6.03. The van der Waals surface area contributed by atoms with E-state index in [2.05, 4.69) is 16.1 Å². The Morgan fingerprint density at radius 1 is 0.246 bits per heavy atom. The van der Waals surface area contributed by atoms with Gasteiger partial charge in [0.1, 0.15) is 115 Å². The van der Waals surface area contributed by atoms with E-state index in [1.807, 2.05) is 56.3 Å². The van der Waals surface area contributed by atoms with Gasteiger partial charge in [-0.15, -0.1) is 0 Å². The van der Waals surface area contributed by atoms with Crippen LogP contribution in [0.2, 0.25) is 0 Å². The average Bonchev–Trinajstić information content (AvgIpc) is 0.842. The first-order chi connectivity index (χ1) is 58.3. The number of benzene rings is 12. The van der Waals surface area contributed by atoms with Gasteiger partial charge in [0.25, 0.3) is 0 Å². The predicted octanol–water partition coefficient (Wildman–Crippen LogP) is 15.0. The maximum atomic E-state index is 12.0. The fourth-order valence-corrected chi connectivity index (χ4v) is 10.3. The summed E-state index contributed by atoms with van der Waals surface area (Å²) in [6.07, 6.45) is 0. The third-order valence-electron chi connectivity index (χ3n) is 16.6. The van der Waals surface area contributed by atoms with Crippen LogP contribution in [-0.2, 0) is 14.2 Å². The molecule has 122 heavy (non-hydrogen) atoms. The second kappa shape index (κ2) is 46.3. The summed E-state index contributed by atoms with van der Waals surface area (Å²) in [5.41, 5.74) is 4.03. The first-order valence-electron chi connectivity index (χ1n) is 36.3. The van der Waals surface area contributed by atoms with Crippen LogP contribution in [-0.4, -0.2) is 169 Å². The van der Waals surface area contributed by atoms with Crippen molar-refractivity contribution in [2.45, 2.75) is 13.8 Å². The summed E-state index contributed by atoms with van der Waals surface area (Å²) in [6.45, 7) is 6.26. The van der Waals surface area contributed by atoms with E-state index >= 15 is 0 Å². The molecule has 0 amide bonds. The fourth-order valence-electron chi connectivity index (χ4n) is 10.3. The average molecular weight is 1670 g/mol. The van der Waals surface area contributed by atoms with Crippen LogP contribution in [0, 0.1) is 13.8 Å². The number of ketones is 6. The number of aryl methyl sites for hydroxylation is 2. The molecule has 0 radical (unpaired) electrons. The lowest BCUT2D eigenvalue weighted by atomic mass is 10.1. The number of rotatable bonds is 28. The molecule has 630 valence electrons. The molecular weight excluding hydrogens is 1580 g/mol. The number of carbonyl (C=O) groups is 8. The maximum absolute atomic E-state index is 12.0. The van der Waals surface area contributed by atoms with Gasteiger partial charge < -0.3 is 104 Å². The Kier molecular flexibility index (Phi) is 35.2. The molecule has 12 rings (SSSR count). The fraction of sp³-hybridized carbons (Fsp3) is 0.118. The van der Waals surface area contributed by atoms with Crippen LogP contribution < -0.4 is 28.4 Å². The molecular formula is C93H84O29. The highest BCUT2D eigenvalue weighted by atomic mass is 16.5. The summed E-state index contributed by atoms with van der Waals surface area (Å²) in [6, 6.07) is 65.7. The van der Waals surface area contributed by atoms with E-state index in [1.54, 1.807) is 72.8 Å². The van der Waals surface area contributed by atoms with Crippen LogP contribution in [0.5, 0.6) is 103 Å². The molecule has 12 aromatic carbocycles. The molecule has 0 aliphatic rings. The molecule has 0 aliphatic heterocycles. The zero-order valence-electron chi connectivity index (χ0n) is 66.1. The zero-order valence-corrected chi connectivity index (χ0v) is 66.1. The van der Waals surface area contributed by atoms with E-state index in [9.17, 15) is 84.3 Å². The predicted molar refractivity (Wildman–Crippen MR) is 444 cm³/mol. The summed E-state index contributed by atoms with van der Waals surface area (Å²) in [7, 11) is 4.06. The number of phenols is 12. The molecule has 12 N–H and O–H groups in total. The van der Waals surface area contributed by atoms with Crippen molar-refractivity contribution in [1.82, 2.24) is 0 Å². The Morgan fingerprint density at radius 3 is 0.877 bits per heavy atom. The van der Waals surface area contributed by atoms with E-state index in [-0.39, 0.29) is 171 Å². The largest absolute Gasteiger partial charge is 0.508 e. The Morgan fingerprint density at radius 2 is 0.541 bits per heavy atom. The second-order valence-corrected chi connectivity index (χ2v) is 25.6. The smallest absolute Gasteiger partial charge is 0.341 e. The van der Waals surface area contributed by atoms with Gasteiger partial charge in [0, 0.05) is 42.0 Å². The number of methoxy groups -OCH3 is 3. The highest BCUT2D eigenvalue weighted by Gasteiger charge is 2.21. The van der Waals surface area contributed by atoms with E-state index in [0.29, 0.717) is 40.1 Å². The highest BCUT2D eigenvalue weighted by Crippen LogP contribution is 2.31. The summed E-state index contributed by atoms with van der Waals surface area (Å²) in [5.74, 6) is -2.37. The summed E-state index contributed by atoms with van der Waals surface area (Å²) in [4.78, 5) is 94.3. The number of aromatic hydroxyl groups is 12. The SMILES string of the molecule is C=C(OC)c1cccc(OCC(=O)c2ccc(O)cc2O)c1.COC(=O)c1ccc(OCC(=O)c2ccc(O)cc2O)cc1.COC(=O)c1ccccc1OCC(=O)c1ccc(O)cc1O.Cc1ccc(OCC(=O)c2ccc(O)cc2O)cc1.Cc1cccc(OCC(=O)c2ccc(O)cc2O)c1.O=C(COc1ccccc1)c1ccc(O)cc1O. The van der Waals surface area contributed by atoms with Gasteiger partial charge in [0.05, 0.1) is 60.3 Å². The monoisotopic (exact) mass is 1660 g/mol. The molecule has 0 spiro atoms. The molecule has 0 unspecified atom stereocenters. The Labute approximate surface area is 698 Å². The van der Waals surface area contributed by atoms with E-state index in [0.717, 1.165) is 53.1 Å². The van der Waals surface area contributed by atoms with Gasteiger partial charge in [-0.3, -0.25) is 28.8 Å². The third-order valence-corrected chi connectivity index (χ3v) is 16.6. The second-order valence-electron chi connectivity index (χ2n) is 25.6.